The number of benzene rings is 2. The van der Waals surface area contributed by atoms with Crippen LogP contribution in [0.3, 0.4) is 0 Å². The highest BCUT2D eigenvalue weighted by atomic mass is 32.2. The van der Waals surface area contributed by atoms with E-state index >= 15 is 0 Å². The molecule has 0 saturated carbocycles. The van der Waals surface area contributed by atoms with Gasteiger partial charge in [-0.3, -0.25) is 4.79 Å². The van der Waals surface area contributed by atoms with Crippen LogP contribution in [0.5, 0.6) is 0 Å². The highest BCUT2D eigenvalue weighted by Crippen LogP contribution is 2.25. The molecule has 1 aliphatic rings. The predicted molar refractivity (Wildman–Crippen MR) is 107 cm³/mol. The largest absolute Gasteiger partial charge is 0.349 e. The summed E-state index contributed by atoms with van der Waals surface area (Å²) in [7, 11) is 0. The number of thioether (sulfide) groups is 1. The number of aryl methyl sites for hydroxylation is 3. The van der Waals surface area contributed by atoms with Gasteiger partial charge >= 0.3 is 0 Å². The third-order valence-corrected chi connectivity index (χ3v) is 5.88. The van der Waals surface area contributed by atoms with Gasteiger partial charge < -0.3 is 5.32 Å². The molecule has 0 bridgehead atoms. The first-order chi connectivity index (χ1) is 12.1. The maximum atomic E-state index is 12.2. The molecule has 1 N–H and O–H groups in total. The number of nitrogens with one attached hydrogen (secondary N) is 1. The minimum Gasteiger partial charge on any atom is -0.349 e. The second-order valence-corrected chi connectivity index (χ2v) is 7.99. The summed E-state index contributed by atoms with van der Waals surface area (Å²) in [6, 6.07) is 15.3. The van der Waals surface area contributed by atoms with Crippen LogP contribution in [0.15, 0.2) is 42.5 Å². The SMILES string of the molecule is Cc1ccc(CSCC(=O)N[C@H](C)c2ccc3c(c2)CCCC3)cc1. The molecule has 0 aliphatic heterocycles. The molecule has 2 aromatic carbocycles. The fourth-order valence-electron chi connectivity index (χ4n) is 3.34. The zero-order chi connectivity index (χ0) is 17.6. The zero-order valence-electron chi connectivity index (χ0n) is 15.2. The van der Waals surface area contributed by atoms with Gasteiger partial charge in [-0.1, -0.05) is 48.0 Å². The van der Waals surface area contributed by atoms with Gasteiger partial charge in [-0.15, -0.1) is 11.8 Å². The van der Waals surface area contributed by atoms with Gasteiger partial charge in [-0.2, -0.15) is 0 Å². The molecule has 1 aliphatic carbocycles. The van der Waals surface area contributed by atoms with Gasteiger partial charge in [0, 0.05) is 5.75 Å². The standard InChI is InChI=1S/C22H27NOS/c1-16-7-9-18(10-8-16)14-25-15-22(24)23-17(2)20-12-11-19-5-3-4-6-21(19)13-20/h7-13,17H,3-6,14-15H2,1-2H3,(H,23,24)/t17-/m1/s1. The molecule has 25 heavy (non-hydrogen) atoms. The lowest BCUT2D eigenvalue weighted by atomic mass is 9.89. The van der Waals surface area contributed by atoms with Gasteiger partial charge in [0.2, 0.25) is 5.91 Å². The molecule has 1 amide bonds. The summed E-state index contributed by atoms with van der Waals surface area (Å²) in [6.07, 6.45) is 4.96. The van der Waals surface area contributed by atoms with E-state index in [-0.39, 0.29) is 11.9 Å². The van der Waals surface area contributed by atoms with Crippen molar-refractivity contribution in [1.82, 2.24) is 5.32 Å². The zero-order valence-corrected chi connectivity index (χ0v) is 16.0. The van der Waals surface area contributed by atoms with Gasteiger partial charge in [-0.25, -0.2) is 0 Å². The molecule has 0 unspecified atom stereocenters. The third-order valence-electron chi connectivity index (χ3n) is 4.87. The molecule has 2 aromatic rings. The number of hydrogen-bond acceptors (Lipinski definition) is 2. The van der Waals surface area contributed by atoms with Crippen LogP contribution < -0.4 is 5.32 Å². The topological polar surface area (TPSA) is 29.1 Å². The van der Waals surface area contributed by atoms with Crippen molar-refractivity contribution in [1.29, 1.82) is 0 Å². The molecule has 132 valence electrons. The Bertz CT molecular complexity index is 723. The van der Waals surface area contributed by atoms with Crippen molar-refractivity contribution in [2.75, 3.05) is 5.75 Å². The minimum absolute atomic E-state index is 0.0692. The third kappa shape index (κ3) is 5.12. The molecule has 2 nitrogen and oxygen atoms in total. The molecular weight excluding hydrogens is 326 g/mol. The number of carbonyl (C=O) groups is 1. The Morgan fingerprint density at radius 2 is 1.80 bits per heavy atom. The highest BCUT2D eigenvalue weighted by Gasteiger charge is 2.14. The molecular formula is C22H27NOS. The van der Waals surface area contributed by atoms with Crippen LogP contribution in [0.2, 0.25) is 0 Å². The predicted octanol–water partition coefficient (Wildman–Crippen LogP) is 4.98. The van der Waals surface area contributed by atoms with Gasteiger partial charge in [0.25, 0.3) is 0 Å². The van der Waals surface area contributed by atoms with Crippen molar-refractivity contribution in [3.8, 4) is 0 Å². The number of fused-ring (bicyclic) bond motifs is 1. The maximum Gasteiger partial charge on any atom is 0.230 e. The van der Waals surface area contributed by atoms with Crippen molar-refractivity contribution in [3.05, 3.63) is 70.3 Å². The normalized spacial score (nSPS) is 14.6. The summed E-state index contributed by atoms with van der Waals surface area (Å²) in [5.74, 6) is 1.49. The van der Waals surface area contributed by atoms with E-state index in [1.165, 1.54) is 53.5 Å². The minimum atomic E-state index is 0.0692. The Balaban J connectivity index is 1.48. The molecule has 0 aromatic heterocycles. The fraction of sp³-hybridized carbons (Fsp3) is 0.409. The molecule has 1 atom stereocenters. The van der Waals surface area contributed by atoms with Crippen molar-refractivity contribution < 1.29 is 4.79 Å². The molecule has 0 radical (unpaired) electrons. The number of rotatable bonds is 6. The van der Waals surface area contributed by atoms with E-state index in [4.69, 9.17) is 0 Å². The van der Waals surface area contributed by atoms with E-state index in [1.54, 1.807) is 11.8 Å². The van der Waals surface area contributed by atoms with Crippen LogP contribution in [0, 0.1) is 6.92 Å². The van der Waals surface area contributed by atoms with E-state index in [0.29, 0.717) is 5.75 Å². The lowest BCUT2D eigenvalue weighted by Crippen LogP contribution is -2.28. The fourth-order valence-corrected chi connectivity index (χ4v) is 4.13. The van der Waals surface area contributed by atoms with Crippen molar-refractivity contribution >= 4 is 17.7 Å². The Labute approximate surface area is 155 Å². The van der Waals surface area contributed by atoms with Crippen LogP contribution in [0.4, 0.5) is 0 Å². The number of carbonyl (C=O) groups excluding carboxylic acids is 1. The first-order valence-corrected chi connectivity index (χ1v) is 10.3. The Hall–Kier alpha value is -1.74. The van der Waals surface area contributed by atoms with Gasteiger partial charge in [0.1, 0.15) is 0 Å². The van der Waals surface area contributed by atoms with E-state index < -0.39 is 0 Å². The number of amides is 1. The van der Waals surface area contributed by atoms with Crippen LogP contribution >= 0.6 is 11.8 Å². The van der Waals surface area contributed by atoms with E-state index in [9.17, 15) is 4.79 Å². The van der Waals surface area contributed by atoms with Crippen LogP contribution in [0.1, 0.15) is 53.6 Å². The van der Waals surface area contributed by atoms with Crippen LogP contribution in [-0.4, -0.2) is 11.7 Å². The van der Waals surface area contributed by atoms with E-state index in [2.05, 4.69) is 61.6 Å². The lowest BCUT2D eigenvalue weighted by Gasteiger charge is -2.20. The Kier molecular flexibility index (Phi) is 6.19. The first-order valence-electron chi connectivity index (χ1n) is 9.16. The molecule has 3 heteroatoms. The number of hydrogen-bond donors (Lipinski definition) is 1. The second-order valence-electron chi connectivity index (χ2n) is 7.00. The summed E-state index contributed by atoms with van der Waals surface area (Å²) in [4.78, 5) is 12.2. The van der Waals surface area contributed by atoms with Crippen molar-refractivity contribution in [2.24, 2.45) is 0 Å². The highest BCUT2D eigenvalue weighted by molar-refractivity contribution is 7.99. The van der Waals surface area contributed by atoms with E-state index in [1.807, 2.05) is 0 Å². The van der Waals surface area contributed by atoms with Crippen molar-refractivity contribution in [2.45, 2.75) is 51.3 Å². The lowest BCUT2D eigenvalue weighted by molar-refractivity contribution is -0.119. The maximum absolute atomic E-state index is 12.2. The monoisotopic (exact) mass is 353 g/mol. The second kappa shape index (κ2) is 8.57. The smallest absolute Gasteiger partial charge is 0.230 e. The average molecular weight is 354 g/mol. The summed E-state index contributed by atoms with van der Waals surface area (Å²) >= 11 is 1.67. The van der Waals surface area contributed by atoms with Crippen LogP contribution in [0.25, 0.3) is 0 Å². The van der Waals surface area contributed by atoms with Gasteiger partial charge in [0.15, 0.2) is 0 Å². The molecule has 0 spiro atoms. The summed E-state index contributed by atoms with van der Waals surface area (Å²) < 4.78 is 0. The summed E-state index contributed by atoms with van der Waals surface area (Å²) in [5.41, 5.74) is 6.72. The molecule has 3 rings (SSSR count). The molecule has 0 saturated heterocycles. The molecule has 0 fully saturated rings. The van der Waals surface area contributed by atoms with E-state index in [0.717, 1.165) is 5.75 Å². The molecule has 0 heterocycles. The van der Waals surface area contributed by atoms with Gasteiger partial charge in [0.05, 0.1) is 11.8 Å². The summed E-state index contributed by atoms with van der Waals surface area (Å²) in [5, 5.41) is 3.14. The van der Waals surface area contributed by atoms with Crippen LogP contribution in [-0.2, 0) is 23.4 Å². The average Bonchev–Trinajstić information content (AvgIpc) is 2.63. The van der Waals surface area contributed by atoms with Crippen molar-refractivity contribution in [3.63, 3.8) is 0 Å². The quantitative estimate of drug-likeness (QED) is 0.793. The van der Waals surface area contributed by atoms with Gasteiger partial charge in [-0.05, 0) is 61.8 Å². The summed E-state index contributed by atoms with van der Waals surface area (Å²) in [6.45, 7) is 4.17. The Morgan fingerprint density at radius 3 is 2.56 bits per heavy atom. The Morgan fingerprint density at radius 1 is 1.08 bits per heavy atom. The first kappa shape index (κ1) is 18.1.